The quantitative estimate of drug-likeness (QED) is 0.0530. The summed E-state index contributed by atoms with van der Waals surface area (Å²) in [4.78, 5) is 50.2. The number of nitrogens with one attached hydrogen (secondary N) is 3. The van der Waals surface area contributed by atoms with E-state index in [1.165, 1.54) is 43.6 Å². The number of hydrogen-bond donors (Lipinski definition) is 3. The second-order valence-electron chi connectivity index (χ2n) is 34.1. The molecule has 21 rings (SSSR count). The van der Waals surface area contributed by atoms with Crippen molar-refractivity contribution in [1.82, 2.24) is 120 Å². The summed E-state index contributed by atoms with van der Waals surface area (Å²) in [5.41, 5.74) is 16.1. The van der Waals surface area contributed by atoms with Crippen LogP contribution >= 0.6 is 91.8 Å². The number of sulfonamides is 1. The lowest BCUT2D eigenvalue weighted by Crippen LogP contribution is -2.39. The average molecular weight is 2110 g/mol. The molecule has 2 amide bonds. The molecule has 5 aliphatic heterocycles. The fourth-order valence-corrected chi connectivity index (χ4v) is 23.7. The number of halogens is 4. The number of fused-ring (bicyclic) bond motifs is 12. The number of nitrogens with zero attached hydrogens (tertiary/aromatic N) is 25. The van der Waals surface area contributed by atoms with Gasteiger partial charge in [0.05, 0.1) is 92.5 Å². The number of hydrogen-bond acceptors (Lipinski definition) is 35. The lowest BCUT2D eigenvalue weighted by atomic mass is 9.99. The Morgan fingerprint density at radius 3 is 0.930 bits per heavy atom. The topological polar surface area (TPSA) is 470 Å². The lowest BCUT2D eigenvalue weighted by Gasteiger charge is -2.24. The molecule has 4 aromatic carbocycles. The number of aromatic nitrogens is 20. The lowest BCUT2D eigenvalue weighted by molar-refractivity contribution is -0.119. The van der Waals surface area contributed by atoms with Gasteiger partial charge in [0.2, 0.25) is 69.0 Å². The first-order valence-corrected chi connectivity index (χ1v) is 53.2. The molecule has 732 valence electrons. The van der Waals surface area contributed by atoms with E-state index in [0.29, 0.717) is 118 Å². The van der Waals surface area contributed by atoms with Crippen molar-refractivity contribution in [3.8, 4) is 20.0 Å². The van der Waals surface area contributed by atoms with E-state index in [9.17, 15) is 26.4 Å². The second-order valence-corrected chi connectivity index (χ2v) is 44.8. The highest BCUT2D eigenvalue weighted by Gasteiger charge is 2.39. The zero-order valence-corrected chi connectivity index (χ0v) is 87.0. The van der Waals surface area contributed by atoms with Gasteiger partial charge in [-0.3, -0.25) is 52.7 Å². The number of carbonyl (C=O) groups is 2. The first kappa shape index (κ1) is 99.3. The maximum Gasteiger partial charge on any atom is 0.243 e. The molecule has 4 atom stereocenters. The molecule has 17 heterocycles. The zero-order valence-electron chi connectivity index (χ0n) is 79.0. The fourth-order valence-electron chi connectivity index (χ4n) is 16.7. The van der Waals surface area contributed by atoms with Crippen LogP contribution in [0.15, 0.2) is 147 Å². The molecule has 5 aliphatic rings. The Labute approximate surface area is 850 Å². The molecular weight excluding hydrogens is 2020 g/mol. The van der Waals surface area contributed by atoms with Crippen LogP contribution in [0.3, 0.4) is 0 Å². The van der Waals surface area contributed by atoms with Gasteiger partial charge in [0.1, 0.15) is 67.5 Å². The fraction of sp³-hybridized carbons (Fsp3) is 0.319. The summed E-state index contributed by atoms with van der Waals surface area (Å²) >= 11 is 31.5. The van der Waals surface area contributed by atoms with Gasteiger partial charge in [-0.05, 0) is 160 Å². The van der Waals surface area contributed by atoms with Crippen LogP contribution in [0.4, 0.5) is 0 Å². The predicted octanol–water partition coefficient (Wildman–Crippen LogP) is 15.4. The summed E-state index contributed by atoms with van der Waals surface area (Å²) in [6, 6.07) is 29.0. The molecular formula is C94H92Cl4N28O10S6. The van der Waals surface area contributed by atoms with Crippen LogP contribution in [-0.4, -0.2) is 187 Å². The molecule has 0 spiro atoms. The zero-order chi connectivity index (χ0) is 100. The number of benzene rings is 4. The van der Waals surface area contributed by atoms with Crippen molar-refractivity contribution in [3.63, 3.8) is 0 Å². The van der Waals surface area contributed by atoms with Crippen LogP contribution in [-0.2, 0) is 81.3 Å². The summed E-state index contributed by atoms with van der Waals surface area (Å²) in [5.74, 6) is 8.55. The van der Waals surface area contributed by atoms with Crippen LogP contribution < -0.4 is 15.4 Å². The van der Waals surface area contributed by atoms with Crippen molar-refractivity contribution in [2.45, 2.75) is 166 Å². The summed E-state index contributed by atoms with van der Waals surface area (Å²) in [7, 11) is -6.34. The molecule has 48 heteroatoms. The van der Waals surface area contributed by atoms with E-state index in [0.717, 1.165) is 134 Å². The van der Waals surface area contributed by atoms with Gasteiger partial charge in [-0.2, -0.15) is 0 Å². The highest BCUT2D eigenvalue weighted by molar-refractivity contribution is 7.91. The maximum atomic E-state index is 11.7. The number of thiophene rings is 4. The average Bonchev–Trinajstić information content (AvgIpc) is 1.60. The van der Waals surface area contributed by atoms with Crippen molar-refractivity contribution in [3.05, 3.63) is 310 Å². The van der Waals surface area contributed by atoms with Crippen molar-refractivity contribution in [2.24, 2.45) is 20.0 Å². The van der Waals surface area contributed by atoms with Gasteiger partial charge in [-0.1, -0.05) is 102 Å². The van der Waals surface area contributed by atoms with E-state index < -0.39 is 44.0 Å². The van der Waals surface area contributed by atoms with Gasteiger partial charge >= 0.3 is 0 Å². The Morgan fingerprint density at radius 1 is 0.394 bits per heavy atom. The normalized spacial score (nSPS) is 16.1. The van der Waals surface area contributed by atoms with Gasteiger partial charge < -0.3 is 28.3 Å². The van der Waals surface area contributed by atoms with Gasteiger partial charge in [0.15, 0.2) is 33.1 Å². The molecule has 38 nitrogen and oxygen atoms in total. The highest BCUT2D eigenvalue weighted by Crippen LogP contribution is 2.46. The largest absolute Gasteiger partial charge is 0.424 e. The molecule has 12 aromatic heterocycles. The first-order chi connectivity index (χ1) is 67.9. The van der Waals surface area contributed by atoms with E-state index in [-0.39, 0.29) is 55.3 Å². The smallest absolute Gasteiger partial charge is 0.243 e. The Morgan fingerprint density at radius 2 is 0.655 bits per heavy atom. The number of rotatable bonds is 22. The Balaban J connectivity index is 0.000000125. The summed E-state index contributed by atoms with van der Waals surface area (Å²) in [5, 5.41) is 80.4. The van der Waals surface area contributed by atoms with Gasteiger partial charge in [-0.25, -0.2) is 21.6 Å². The molecule has 0 saturated carbocycles. The van der Waals surface area contributed by atoms with Crippen molar-refractivity contribution >= 4 is 146 Å². The SMILES string of the molecule is C=CC(=O)NCc1nnc(C[C@@H]2N=C(c3ccc(Cl)cc3)c3c(sc(C)c3C)-n3c(C)nnc32)o1.CC(=O)NCc1nnc(C[C@@H]2N=C(c3ccc(Cl)cc3)c3c(sc(C)c3C)-n3c(C)nnc32)o1.Cc1sc2c(c1C)C(c1ccc(Cl)cc1)=N[C@@H](Cc1nnc(CN3CCS(=O)(=O)CC3)o1)c1nnc(C)n1-2.Cc1sc2c(c1C)C(c1ccc(Cl)cc1)=N[C@@H](Cc1nnc(CNS(C)(=O)=O)o1)c1nnc(C)n1-2. The van der Waals surface area contributed by atoms with Crippen molar-refractivity contribution < 1.29 is 44.1 Å². The minimum absolute atomic E-state index is 0.0825. The maximum absolute atomic E-state index is 11.7. The third-order valence-corrected chi connectivity index (χ3v) is 32.4. The Hall–Kier alpha value is -12.9. The minimum Gasteiger partial charge on any atom is -0.424 e. The number of carbonyl (C=O) groups excluding carboxylic acids is 2. The van der Waals surface area contributed by atoms with Crippen LogP contribution in [0.5, 0.6) is 0 Å². The molecule has 0 unspecified atom stereocenters. The number of aryl methyl sites for hydroxylation is 8. The van der Waals surface area contributed by atoms with Crippen LogP contribution in [0, 0.1) is 83.1 Å². The molecule has 1 saturated heterocycles. The summed E-state index contributed by atoms with van der Waals surface area (Å²) in [6.07, 6.45) is 3.55. The summed E-state index contributed by atoms with van der Waals surface area (Å²) < 4.78 is 80.2. The molecule has 3 N–H and O–H groups in total. The van der Waals surface area contributed by atoms with Gasteiger partial charge in [-0.15, -0.1) is 127 Å². The Kier molecular flexibility index (Phi) is 28.8. The first-order valence-electron chi connectivity index (χ1n) is 44.7. The third kappa shape index (κ3) is 21.2. The highest BCUT2D eigenvalue weighted by atomic mass is 35.5. The molecule has 1 fully saturated rings. The van der Waals surface area contributed by atoms with Crippen molar-refractivity contribution in [2.75, 3.05) is 30.9 Å². The molecule has 0 aliphatic carbocycles. The van der Waals surface area contributed by atoms with Gasteiger partial charge in [0.25, 0.3) is 0 Å². The van der Waals surface area contributed by atoms with Crippen molar-refractivity contribution in [1.29, 1.82) is 0 Å². The molecule has 142 heavy (non-hydrogen) atoms. The van der Waals surface area contributed by atoms with Crippen LogP contribution in [0.1, 0.15) is 211 Å². The molecule has 0 bridgehead atoms. The van der Waals surface area contributed by atoms with Crippen LogP contribution in [0.2, 0.25) is 20.1 Å². The third-order valence-electron chi connectivity index (χ3n) is 24.3. The number of sulfone groups is 1. The molecule has 16 aromatic rings. The van der Waals surface area contributed by atoms with E-state index in [4.69, 9.17) is 84.0 Å². The van der Waals surface area contributed by atoms with Crippen LogP contribution in [0.25, 0.3) is 20.0 Å². The van der Waals surface area contributed by atoms with Gasteiger partial charge in [0, 0.05) is 104 Å². The summed E-state index contributed by atoms with van der Waals surface area (Å²) in [6.45, 7) is 31.0. The molecule has 0 radical (unpaired) electrons. The predicted molar refractivity (Wildman–Crippen MR) is 540 cm³/mol. The Bertz CT molecular complexity index is 7910. The standard InChI is InChI=1S/C25H26ClN7O3S2.C24H22ClN7O2S.C23H22ClN7O2S.C22H22ClN7O3S2/c1-14-15(2)37-25-22(14)23(17-4-6-18(26)7-5-17)27-19(24-31-28-16(3)33(24)25)12-20-29-30-21(36-20)13-32-8-10-38(34,35)11-9-32;1-5-18(33)26-11-20-30-29-19(34-20)10-17-23-31-28-14(4)32(23)24-21(12(2)13(3)35-24)22(27-17)15-6-8-16(25)9-7-15;1-11-12(2)34-23-20(11)21(15-5-7-16(24)8-6-15)26-17(22-30-27-13(3)31(22)23)9-18-28-29-19(33-18)10-25-14(4)32;1-11-12(2)34-22-19(11)20(14-5-7-15(23)8-6-14)25-16(21-29-26-13(3)30(21)22)9-17-27-28-18(33-17)10-24-35(4,31)32/h4-7,19H,8-13H2,1-3H3;5-9,17H,1,10-11H2,2-4H3,(H,26,33);5-8,17H,9-10H2,1-4H3,(H,25,32);5-8,16,24H,9-10H2,1-4H3/t19-;2*17-;16-/m0000/s1. The van der Waals surface area contributed by atoms with E-state index in [2.05, 4.69) is 173 Å². The second kappa shape index (κ2) is 41.2. The van der Waals surface area contributed by atoms with E-state index in [1.807, 2.05) is 134 Å². The van der Waals surface area contributed by atoms with E-state index in [1.54, 1.807) is 45.3 Å². The van der Waals surface area contributed by atoms with E-state index >= 15 is 0 Å². The number of aliphatic imine (C=N–C) groups is 4. The monoisotopic (exact) mass is 2100 g/mol. The minimum atomic E-state index is -3.38. The number of amides is 2.